The number of carbonyl (C=O) groups is 1. The molecule has 0 aromatic rings. The normalized spacial score (nSPS) is 17.9. The quantitative estimate of drug-likeness (QED) is 0.757. The summed E-state index contributed by atoms with van der Waals surface area (Å²) in [6.07, 6.45) is 7.08. The molecule has 92 valence electrons. The third-order valence-corrected chi connectivity index (χ3v) is 3.10. The van der Waals surface area contributed by atoms with Crippen molar-refractivity contribution in [3.8, 4) is 0 Å². The van der Waals surface area contributed by atoms with Gasteiger partial charge in [0.1, 0.15) is 0 Å². The molecule has 0 saturated heterocycles. The first-order chi connectivity index (χ1) is 7.59. The summed E-state index contributed by atoms with van der Waals surface area (Å²) in [5.41, 5.74) is 1.30. The summed E-state index contributed by atoms with van der Waals surface area (Å²) in [5, 5.41) is 5.64. The van der Waals surface area contributed by atoms with Crippen LogP contribution in [0.4, 0.5) is 4.79 Å². The Labute approximate surface area is 98.7 Å². The van der Waals surface area contributed by atoms with Crippen molar-refractivity contribution in [2.75, 3.05) is 6.54 Å². The molecule has 2 amide bonds. The number of hydrogen-bond acceptors (Lipinski definition) is 1. The van der Waals surface area contributed by atoms with E-state index in [4.69, 9.17) is 0 Å². The van der Waals surface area contributed by atoms with E-state index in [1.165, 1.54) is 31.3 Å². The lowest BCUT2D eigenvalue weighted by molar-refractivity contribution is 0.242. The van der Waals surface area contributed by atoms with E-state index in [0.717, 1.165) is 6.54 Å². The fourth-order valence-corrected chi connectivity index (χ4v) is 2.03. The largest absolute Gasteiger partial charge is 0.338 e. The predicted octanol–water partition coefficient (Wildman–Crippen LogP) is 3.04. The topological polar surface area (TPSA) is 41.1 Å². The lowest BCUT2D eigenvalue weighted by Crippen LogP contribution is -2.34. The monoisotopic (exact) mass is 224 g/mol. The molecular formula is C13H24N2O. The fraction of sp³-hybridized carbons (Fsp3) is 0.769. The van der Waals surface area contributed by atoms with Gasteiger partial charge in [0.05, 0.1) is 0 Å². The van der Waals surface area contributed by atoms with Crippen LogP contribution in [0.5, 0.6) is 0 Å². The molecule has 0 unspecified atom stereocenters. The molecule has 0 bridgehead atoms. The van der Waals surface area contributed by atoms with Gasteiger partial charge in [-0.1, -0.05) is 32.3 Å². The fourth-order valence-electron chi connectivity index (χ4n) is 2.03. The maximum atomic E-state index is 11.4. The van der Waals surface area contributed by atoms with Gasteiger partial charge in [-0.3, -0.25) is 0 Å². The van der Waals surface area contributed by atoms with Gasteiger partial charge in [-0.05, 0) is 31.6 Å². The van der Waals surface area contributed by atoms with E-state index in [1.807, 2.05) is 6.20 Å². The van der Waals surface area contributed by atoms with Crippen LogP contribution >= 0.6 is 0 Å². The van der Waals surface area contributed by atoms with Gasteiger partial charge >= 0.3 is 6.03 Å². The number of allylic oxidation sites excluding steroid dienone is 1. The standard InChI is InChI=1S/C13H24N2O/c1-10(2)8-14-13(16)15-9-11(3)12-6-4-5-7-12/h9-10,12H,4-8H2,1-3H3,(H2,14,15,16)/b11-9+. The van der Waals surface area contributed by atoms with Gasteiger partial charge in [-0.25, -0.2) is 4.79 Å². The molecule has 0 heterocycles. The Balaban J connectivity index is 2.25. The zero-order valence-electron chi connectivity index (χ0n) is 10.7. The molecule has 3 nitrogen and oxygen atoms in total. The highest BCUT2D eigenvalue weighted by atomic mass is 16.2. The Morgan fingerprint density at radius 1 is 1.38 bits per heavy atom. The van der Waals surface area contributed by atoms with E-state index < -0.39 is 0 Å². The minimum Gasteiger partial charge on any atom is -0.338 e. The lowest BCUT2D eigenvalue weighted by atomic mass is 10.0. The van der Waals surface area contributed by atoms with Gasteiger partial charge in [0, 0.05) is 12.7 Å². The smallest absolute Gasteiger partial charge is 0.318 e. The number of nitrogens with one attached hydrogen (secondary N) is 2. The molecule has 3 heteroatoms. The number of hydrogen-bond donors (Lipinski definition) is 2. The zero-order valence-corrected chi connectivity index (χ0v) is 10.7. The summed E-state index contributed by atoms with van der Waals surface area (Å²) in [4.78, 5) is 11.4. The minimum absolute atomic E-state index is 0.0916. The number of carbonyl (C=O) groups excluding carboxylic acids is 1. The van der Waals surface area contributed by atoms with Crippen molar-refractivity contribution in [2.24, 2.45) is 11.8 Å². The van der Waals surface area contributed by atoms with Crippen LogP contribution in [-0.4, -0.2) is 12.6 Å². The third-order valence-electron chi connectivity index (χ3n) is 3.10. The number of urea groups is 1. The molecule has 0 aromatic heterocycles. The molecular weight excluding hydrogens is 200 g/mol. The number of amides is 2. The van der Waals surface area contributed by atoms with Crippen LogP contribution in [0.1, 0.15) is 46.5 Å². The van der Waals surface area contributed by atoms with Crippen LogP contribution in [0.3, 0.4) is 0 Å². The lowest BCUT2D eigenvalue weighted by Gasteiger charge is -2.11. The van der Waals surface area contributed by atoms with E-state index in [0.29, 0.717) is 11.8 Å². The van der Waals surface area contributed by atoms with E-state index in [1.54, 1.807) is 0 Å². The highest BCUT2D eigenvalue weighted by molar-refractivity contribution is 5.74. The van der Waals surface area contributed by atoms with E-state index in [-0.39, 0.29) is 6.03 Å². The molecule has 1 aliphatic rings. The molecule has 1 saturated carbocycles. The van der Waals surface area contributed by atoms with Gasteiger partial charge < -0.3 is 10.6 Å². The molecule has 2 N–H and O–H groups in total. The average molecular weight is 224 g/mol. The average Bonchev–Trinajstić information content (AvgIpc) is 2.76. The first-order valence-corrected chi connectivity index (χ1v) is 6.30. The Hall–Kier alpha value is -0.990. The predicted molar refractivity (Wildman–Crippen MR) is 67.1 cm³/mol. The second-order valence-corrected chi connectivity index (χ2v) is 5.12. The van der Waals surface area contributed by atoms with E-state index >= 15 is 0 Å². The molecule has 0 atom stereocenters. The molecule has 0 radical (unpaired) electrons. The van der Waals surface area contributed by atoms with Crippen molar-refractivity contribution >= 4 is 6.03 Å². The van der Waals surface area contributed by atoms with E-state index in [2.05, 4.69) is 31.4 Å². The first kappa shape index (κ1) is 13.1. The molecule has 0 aromatic carbocycles. The maximum Gasteiger partial charge on any atom is 0.318 e. The SMILES string of the molecule is C/C(=C\NC(=O)NCC(C)C)C1CCCC1. The van der Waals surface area contributed by atoms with Crippen molar-refractivity contribution in [3.63, 3.8) is 0 Å². The Morgan fingerprint density at radius 3 is 2.56 bits per heavy atom. The molecule has 16 heavy (non-hydrogen) atoms. The van der Waals surface area contributed by atoms with E-state index in [9.17, 15) is 4.79 Å². The van der Waals surface area contributed by atoms with Crippen LogP contribution in [0.15, 0.2) is 11.8 Å². The summed E-state index contributed by atoms with van der Waals surface area (Å²) in [6.45, 7) is 7.00. The van der Waals surface area contributed by atoms with Crippen molar-refractivity contribution in [1.82, 2.24) is 10.6 Å². The van der Waals surface area contributed by atoms with Crippen LogP contribution in [-0.2, 0) is 0 Å². The van der Waals surface area contributed by atoms with Crippen molar-refractivity contribution in [2.45, 2.75) is 46.5 Å². The Morgan fingerprint density at radius 2 is 2.00 bits per heavy atom. The first-order valence-electron chi connectivity index (χ1n) is 6.30. The zero-order chi connectivity index (χ0) is 12.0. The molecule has 0 spiro atoms. The maximum absolute atomic E-state index is 11.4. The van der Waals surface area contributed by atoms with Crippen molar-refractivity contribution in [1.29, 1.82) is 0 Å². The van der Waals surface area contributed by atoms with Gasteiger partial charge in [0.2, 0.25) is 0 Å². The van der Waals surface area contributed by atoms with Gasteiger partial charge in [0.15, 0.2) is 0 Å². The second kappa shape index (κ2) is 6.56. The summed E-state index contributed by atoms with van der Waals surface area (Å²) in [6, 6.07) is -0.0916. The molecule has 1 fully saturated rings. The second-order valence-electron chi connectivity index (χ2n) is 5.12. The molecule has 1 rings (SSSR count). The van der Waals surface area contributed by atoms with Crippen LogP contribution in [0, 0.1) is 11.8 Å². The Bertz CT molecular complexity index is 253. The summed E-state index contributed by atoms with van der Waals surface area (Å²) in [7, 11) is 0. The van der Waals surface area contributed by atoms with Gasteiger partial charge in [-0.15, -0.1) is 0 Å². The highest BCUT2D eigenvalue weighted by Gasteiger charge is 2.16. The molecule has 1 aliphatic carbocycles. The summed E-state index contributed by atoms with van der Waals surface area (Å²) < 4.78 is 0. The minimum atomic E-state index is -0.0916. The van der Waals surface area contributed by atoms with Gasteiger partial charge in [-0.2, -0.15) is 0 Å². The summed E-state index contributed by atoms with van der Waals surface area (Å²) in [5.74, 6) is 1.18. The van der Waals surface area contributed by atoms with Crippen LogP contribution < -0.4 is 10.6 Å². The van der Waals surface area contributed by atoms with Crippen LogP contribution in [0.2, 0.25) is 0 Å². The highest BCUT2D eigenvalue weighted by Crippen LogP contribution is 2.30. The van der Waals surface area contributed by atoms with Gasteiger partial charge in [0.25, 0.3) is 0 Å². The number of rotatable bonds is 4. The summed E-state index contributed by atoms with van der Waals surface area (Å²) >= 11 is 0. The van der Waals surface area contributed by atoms with Crippen LogP contribution in [0.25, 0.3) is 0 Å². The van der Waals surface area contributed by atoms with Crippen molar-refractivity contribution in [3.05, 3.63) is 11.8 Å². The third kappa shape index (κ3) is 4.69. The Kier molecular flexibility index (Phi) is 5.36. The molecule has 0 aliphatic heterocycles. The van der Waals surface area contributed by atoms with Crippen molar-refractivity contribution < 1.29 is 4.79 Å².